The maximum Gasteiger partial charge on any atom is 0.290 e. The van der Waals surface area contributed by atoms with Crippen molar-refractivity contribution >= 4 is 17.4 Å². The Morgan fingerprint density at radius 2 is 2.25 bits per heavy atom. The number of nitrogens with zero attached hydrogens (tertiary/aromatic N) is 2. The van der Waals surface area contributed by atoms with Crippen molar-refractivity contribution in [2.75, 3.05) is 5.32 Å². The first kappa shape index (κ1) is 11.9. The van der Waals surface area contributed by atoms with Crippen LogP contribution in [0.1, 0.15) is 12.6 Å². The molecular formula is C9H12N4O3. The van der Waals surface area contributed by atoms with Gasteiger partial charge < -0.3 is 11.1 Å². The Kier molecular flexibility index (Phi) is 3.39. The zero-order chi connectivity index (χ0) is 12.3. The molecule has 0 aliphatic heterocycles. The van der Waals surface area contributed by atoms with E-state index in [1.165, 1.54) is 19.1 Å². The molecule has 1 heterocycles. The largest absolute Gasteiger partial charge is 0.368 e. The lowest BCUT2D eigenvalue weighted by atomic mass is 10.3. The summed E-state index contributed by atoms with van der Waals surface area (Å²) in [6.45, 7) is 3.11. The normalized spacial score (nSPS) is 11.9. The summed E-state index contributed by atoms with van der Waals surface area (Å²) in [5.41, 5.74) is 5.29. The zero-order valence-electron chi connectivity index (χ0n) is 8.93. The second kappa shape index (κ2) is 4.56. The van der Waals surface area contributed by atoms with Crippen LogP contribution in [0.3, 0.4) is 0 Å². The van der Waals surface area contributed by atoms with Crippen molar-refractivity contribution in [2.45, 2.75) is 19.9 Å². The molecule has 1 aromatic heterocycles. The lowest BCUT2D eigenvalue weighted by Crippen LogP contribution is -2.32. The molecule has 3 N–H and O–H groups in total. The highest BCUT2D eigenvalue weighted by Gasteiger charge is 2.14. The molecule has 0 aliphatic rings. The Labute approximate surface area is 91.8 Å². The molecular weight excluding hydrogens is 212 g/mol. The molecule has 0 bridgehead atoms. The molecule has 0 fully saturated rings. The highest BCUT2D eigenvalue weighted by Crippen LogP contribution is 2.17. The standard InChI is InChI=1S/C9H12N4O3/c1-5-7(13(15)16)3-4-8(11-5)12-6(2)9(10)14/h3-4,6H,1-2H3,(H2,10,14)(H,11,12). The van der Waals surface area contributed by atoms with Gasteiger partial charge in [-0.1, -0.05) is 0 Å². The molecule has 1 rings (SSSR count). The van der Waals surface area contributed by atoms with Gasteiger partial charge in [-0.05, 0) is 19.9 Å². The Bertz CT molecular complexity index is 433. The SMILES string of the molecule is Cc1nc(NC(C)C(N)=O)ccc1[N+](=O)[O-]. The van der Waals surface area contributed by atoms with E-state index in [0.29, 0.717) is 5.82 Å². The molecule has 7 nitrogen and oxygen atoms in total. The summed E-state index contributed by atoms with van der Waals surface area (Å²) in [6.07, 6.45) is 0. The maximum absolute atomic E-state index is 10.8. The molecule has 1 amide bonds. The maximum atomic E-state index is 10.8. The van der Waals surface area contributed by atoms with E-state index in [0.717, 1.165) is 0 Å². The van der Waals surface area contributed by atoms with E-state index in [-0.39, 0.29) is 11.4 Å². The third-order valence-electron chi connectivity index (χ3n) is 2.05. The van der Waals surface area contributed by atoms with Gasteiger partial charge in [-0.3, -0.25) is 14.9 Å². The van der Waals surface area contributed by atoms with Gasteiger partial charge in [-0.15, -0.1) is 0 Å². The van der Waals surface area contributed by atoms with Gasteiger partial charge in [0.05, 0.1) is 4.92 Å². The second-order valence-corrected chi connectivity index (χ2v) is 3.33. The Hall–Kier alpha value is -2.18. The van der Waals surface area contributed by atoms with Gasteiger partial charge in [-0.2, -0.15) is 0 Å². The van der Waals surface area contributed by atoms with Crippen LogP contribution >= 0.6 is 0 Å². The number of nitrogens with one attached hydrogen (secondary N) is 1. The first-order valence-electron chi connectivity index (χ1n) is 4.59. The number of anilines is 1. The molecule has 86 valence electrons. The van der Waals surface area contributed by atoms with Crippen molar-refractivity contribution in [1.82, 2.24) is 4.98 Å². The van der Waals surface area contributed by atoms with Gasteiger partial charge in [-0.25, -0.2) is 4.98 Å². The Morgan fingerprint density at radius 1 is 1.62 bits per heavy atom. The van der Waals surface area contributed by atoms with Crippen LogP contribution in [0.25, 0.3) is 0 Å². The van der Waals surface area contributed by atoms with Crippen LogP contribution in [0.5, 0.6) is 0 Å². The van der Waals surface area contributed by atoms with Gasteiger partial charge >= 0.3 is 0 Å². The molecule has 0 aliphatic carbocycles. The molecule has 1 unspecified atom stereocenters. The Balaban J connectivity index is 2.89. The molecule has 1 aromatic rings. The monoisotopic (exact) mass is 224 g/mol. The van der Waals surface area contributed by atoms with Gasteiger partial charge in [0.1, 0.15) is 17.6 Å². The number of aryl methyl sites for hydroxylation is 1. The second-order valence-electron chi connectivity index (χ2n) is 3.33. The number of nitrogens with two attached hydrogens (primary N) is 1. The third-order valence-corrected chi connectivity index (χ3v) is 2.05. The first-order valence-corrected chi connectivity index (χ1v) is 4.59. The van der Waals surface area contributed by atoms with Crippen molar-refractivity contribution in [3.05, 3.63) is 27.9 Å². The molecule has 0 saturated heterocycles. The van der Waals surface area contributed by atoms with Crippen molar-refractivity contribution in [1.29, 1.82) is 0 Å². The van der Waals surface area contributed by atoms with Crippen molar-refractivity contribution < 1.29 is 9.72 Å². The van der Waals surface area contributed by atoms with Gasteiger partial charge in [0.2, 0.25) is 5.91 Å². The lowest BCUT2D eigenvalue weighted by molar-refractivity contribution is -0.385. The number of nitro groups is 1. The topological polar surface area (TPSA) is 111 Å². The van der Waals surface area contributed by atoms with Crippen LogP contribution in [-0.2, 0) is 4.79 Å². The molecule has 0 saturated carbocycles. The van der Waals surface area contributed by atoms with E-state index in [9.17, 15) is 14.9 Å². The quantitative estimate of drug-likeness (QED) is 0.574. The number of hydrogen-bond acceptors (Lipinski definition) is 5. The molecule has 7 heteroatoms. The van der Waals surface area contributed by atoms with E-state index in [1.807, 2.05) is 0 Å². The highest BCUT2D eigenvalue weighted by molar-refractivity contribution is 5.82. The third kappa shape index (κ3) is 2.66. The minimum atomic E-state index is -0.576. The summed E-state index contributed by atoms with van der Waals surface area (Å²) in [6, 6.07) is 2.19. The number of pyridine rings is 1. The smallest absolute Gasteiger partial charge is 0.290 e. The summed E-state index contributed by atoms with van der Waals surface area (Å²) in [4.78, 5) is 24.8. The number of primary amides is 1. The number of carbonyl (C=O) groups is 1. The summed E-state index contributed by atoms with van der Waals surface area (Å²) in [5, 5.41) is 13.3. The lowest BCUT2D eigenvalue weighted by Gasteiger charge is -2.10. The predicted molar refractivity (Wildman–Crippen MR) is 57.9 cm³/mol. The van der Waals surface area contributed by atoms with Crippen molar-refractivity contribution in [3.63, 3.8) is 0 Å². The number of rotatable bonds is 4. The summed E-state index contributed by atoms with van der Waals surface area (Å²) in [5.74, 6) is -0.132. The average molecular weight is 224 g/mol. The molecule has 0 radical (unpaired) electrons. The highest BCUT2D eigenvalue weighted by atomic mass is 16.6. The van der Waals surface area contributed by atoms with E-state index in [2.05, 4.69) is 10.3 Å². The van der Waals surface area contributed by atoms with Crippen LogP contribution in [0.15, 0.2) is 12.1 Å². The number of carbonyl (C=O) groups excluding carboxylic acids is 1. The predicted octanol–water partition coefficient (Wildman–Crippen LogP) is 0.584. The first-order chi connectivity index (χ1) is 7.41. The summed E-state index contributed by atoms with van der Waals surface area (Å²) < 4.78 is 0. The van der Waals surface area contributed by atoms with Crippen LogP contribution in [0.2, 0.25) is 0 Å². The van der Waals surface area contributed by atoms with Crippen molar-refractivity contribution in [2.24, 2.45) is 5.73 Å². The minimum absolute atomic E-state index is 0.0581. The van der Waals surface area contributed by atoms with E-state index in [4.69, 9.17) is 5.73 Å². The zero-order valence-corrected chi connectivity index (χ0v) is 8.93. The van der Waals surface area contributed by atoms with Gasteiger partial charge in [0, 0.05) is 6.07 Å². The Morgan fingerprint density at radius 3 is 2.69 bits per heavy atom. The molecule has 1 atom stereocenters. The average Bonchev–Trinajstić information content (AvgIpc) is 2.16. The fourth-order valence-corrected chi connectivity index (χ4v) is 1.12. The van der Waals surface area contributed by atoms with E-state index >= 15 is 0 Å². The molecule has 0 spiro atoms. The molecule has 16 heavy (non-hydrogen) atoms. The molecule has 0 aromatic carbocycles. The summed E-state index contributed by atoms with van der Waals surface area (Å²) in [7, 11) is 0. The van der Waals surface area contributed by atoms with Crippen LogP contribution < -0.4 is 11.1 Å². The van der Waals surface area contributed by atoms with E-state index < -0.39 is 16.9 Å². The van der Waals surface area contributed by atoms with Gasteiger partial charge in [0.25, 0.3) is 5.69 Å². The van der Waals surface area contributed by atoms with Crippen LogP contribution in [0.4, 0.5) is 11.5 Å². The fourth-order valence-electron chi connectivity index (χ4n) is 1.12. The van der Waals surface area contributed by atoms with Crippen LogP contribution in [0, 0.1) is 17.0 Å². The minimum Gasteiger partial charge on any atom is -0.368 e. The van der Waals surface area contributed by atoms with Crippen molar-refractivity contribution in [3.8, 4) is 0 Å². The van der Waals surface area contributed by atoms with E-state index in [1.54, 1.807) is 6.92 Å². The summed E-state index contributed by atoms with van der Waals surface area (Å²) >= 11 is 0. The number of aromatic nitrogens is 1. The van der Waals surface area contributed by atoms with Gasteiger partial charge in [0.15, 0.2) is 0 Å². The fraction of sp³-hybridized carbons (Fsp3) is 0.333. The van der Waals surface area contributed by atoms with Crippen LogP contribution in [-0.4, -0.2) is 21.9 Å². The number of amides is 1. The number of hydrogen-bond donors (Lipinski definition) is 2.